The summed E-state index contributed by atoms with van der Waals surface area (Å²) in [6.45, 7) is 0. The summed E-state index contributed by atoms with van der Waals surface area (Å²) in [6, 6.07) is 11.9. The van der Waals surface area contributed by atoms with Crippen LogP contribution in [0.2, 0.25) is 5.02 Å². The quantitative estimate of drug-likeness (QED) is 0.285. The summed E-state index contributed by atoms with van der Waals surface area (Å²) in [6.07, 6.45) is 0.984. The minimum absolute atomic E-state index is 0.302. The number of urea groups is 1. The van der Waals surface area contributed by atoms with Gasteiger partial charge in [0.15, 0.2) is 5.92 Å². The molecule has 5 amide bonds. The number of nitrogens with zero attached hydrogens (tertiary/aromatic N) is 2. The van der Waals surface area contributed by atoms with Crippen LogP contribution in [0.3, 0.4) is 0 Å². The molecule has 3 rings (SSSR count). The van der Waals surface area contributed by atoms with Gasteiger partial charge in [-0.15, -0.1) is 0 Å². The molecule has 1 heterocycles. The van der Waals surface area contributed by atoms with Crippen LogP contribution in [0, 0.1) is 9.49 Å². The molecule has 28 heavy (non-hydrogen) atoms. The van der Waals surface area contributed by atoms with Gasteiger partial charge in [-0.3, -0.25) is 19.7 Å². The van der Waals surface area contributed by atoms with Crippen LogP contribution in [0.25, 0.3) is 0 Å². The number of rotatable bonds is 4. The molecule has 0 saturated carbocycles. The molecule has 1 saturated heterocycles. The molecule has 1 fully saturated rings. The van der Waals surface area contributed by atoms with Crippen molar-refractivity contribution in [3.63, 3.8) is 0 Å². The van der Waals surface area contributed by atoms with Gasteiger partial charge >= 0.3 is 6.03 Å². The number of barbiturate groups is 1. The Morgan fingerprint density at radius 1 is 1.11 bits per heavy atom. The Morgan fingerprint density at radius 3 is 2.39 bits per heavy atom. The molecule has 1 atom stereocenters. The number of amides is 5. The predicted octanol–water partition coefficient (Wildman–Crippen LogP) is 2.56. The van der Waals surface area contributed by atoms with Crippen molar-refractivity contribution >= 4 is 69.8 Å². The van der Waals surface area contributed by atoms with E-state index in [0.717, 1.165) is 14.7 Å². The van der Waals surface area contributed by atoms with E-state index in [4.69, 9.17) is 11.6 Å². The number of imide groups is 2. The van der Waals surface area contributed by atoms with Gasteiger partial charge in [0.05, 0.1) is 5.69 Å². The van der Waals surface area contributed by atoms with Crippen LogP contribution in [-0.4, -0.2) is 30.0 Å². The van der Waals surface area contributed by atoms with Gasteiger partial charge in [0.2, 0.25) is 5.91 Å². The molecular weight excluding hydrogens is 499 g/mol. The fourth-order valence-electron chi connectivity index (χ4n) is 2.39. The highest BCUT2D eigenvalue weighted by Gasteiger charge is 2.40. The lowest BCUT2D eigenvalue weighted by Crippen LogP contribution is -2.58. The molecule has 1 aliphatic rings. The van der Waals surface area contributed by atoms with Crippen LogP contribution in [0.15, 0.2) is 53.6 Å². The second kappa shape index (κ2) is 8.48. The molecule has 2 aromatic rings. The normalized spacial score (nSPS) is 17.0. The SMILES string of the molecule is O=C(N/N=C\[C@@H]1C(=O)NC(=O)N(c2ccc(I)cc2)C1=O)c1ccc(Cl)cc1. The third kappa shape index (κ3) is 4.37. The molecule has 2 aromatic carbocycles. The Labute approximate surface area is 178 Å². The summed E-state index contributed by atoms with van der Waals surface area (Å²) in [5.74, 6) is -3.48. The van der Waals surface area contributed by atoms with E-state index in [0.29, 0.717) is 16.3 Å². The van der Waals surface area contributed by atoms with Crippen molar-refractivity contribution in [3.05, 3.63) is 62.7 Å². The van der Waals surface area contributed by atoms with Crippen LogP contribution in [-0.2, 0) is 9.59 Å². The molecule has 8 nitrogen and oxygen atoms in total. The predicted molar refractivity (Wildman–Crippen MR) is 111 cm³/mol. The average molecular weight is 511 g/mol. The number of halogens is 2. The van der Waals surface area contributed by atoms with E-state index in [1.807, 2.05) is 0 Å². The summed E-state index contributed by atoms with van der Waals surface area (Å²) < 4.78 is 0.922. The number of anilines is 1. The Bertz CT molecular complexity index is 976. The summed E-state index contributed by atoms with van der Waals surface area (Å²) in [5, 5.41) is 6.27. The van der Waals surface area contributed by atoms with E-state index < -0.39 is 29.7 Å². The zero-order valence-corrected chi connectivity index (χ0v) is 17.0. The van der Waals surface area contributed by atoms with Gasteiger partial charge in [0, 0.05) is 20.4 Å². The maximum absolute atomic E-state index is 12.6. The second-order valence-corrected chi connectivity index (χ2v) is 7.33. The topological polar surface area (TPSA) is 108 Å². The summed E-state index contributed by atoms with van der Waals surface area (Å²) in [7, 11) is 0. The van der Waals surface area contributed by atoms with Crippen LogP contribution in [0.4, 0.5) is 10.5 Å². The molecule has 142 valence electrons. The molecule has 0 bridgehead atoms. The van der Waals surface area contributed by atoms with Crippen molar-refractivity contribution in [2.45, 2.75) is 0 Å². The fraction of sp³-hybridized carbons (Fsp3) is 0.0556. The average Bonchev–Trinajstić information content (AvgIpc) is 2.66. The van der Waals surface area contributed by atoms with Gasteiger partial charge in [0.25, 0.3) is 11.8 Å². The van der Waals surface area contributed by atoms with E-state index >= 15 is 0 Å². The van der Waals surface area contributed by atoms with E-state index in [9.17, 15) is 19.2 Å². The summed E-state index contributed by atoms with van der Waals surface area (Å²) >= 11 is 7.85. The van der Waals surface area contributed by atoms with Crippen molar-refractivity contribution in [2.75, 3.05) is 4.90 Å². The number of carbonyl (C=O) groups is 4. The number of hydrogen-bond donors (Lipinski definition) is 2. The first-order chi connectivity index (χ1) is 13.4. The Kier molecular flexibility index (Phi) is 6.05. The lowest BCUT2D eigenvalue weighted by Gasteiger charge is -2.28. The maximum Gasteiger partial charge on any atom is 0.335 e. The number of carbonyl (C=O) groups excluding carboxylic acids is 4. The van der Waals surface area contributed by atoms with Crippen LogP contribution in [0.1, 0.15) is 10.4 Å². The lowest BCUT2D eigenvalue weighted by molar-refractivity contribution is -0.131. The Balaban J connectivity index is 1.74. The van der Waals surface area contributed by atoms with Gasteiger partial charge in [-0.05, 0) is 71.1 Å². The van der Waals surface area contributed by atoms with Gasteiger partial charge in [0.1, 0.15) is 0 Å². The third-order valence-electron chi connectivity index (χ3n) is 3.78. The lowest BCUT2D eigenvalue weighted by atomic mass is 10.1. The van der Waals surface area contributed by atoms with Crippen molar-refractivity contribution in [1.29, 1.82) is 0 Å². The van der Waals surface area contributed by atoms with E-state index in [2.05, 4.69) is 38.4 Å². The number of nitrogens with one attached hydrogen (secondary N) is 2. The monoisotopic (exact) mass is 510 g/mol. The molecule has 0 aliphatic carbocycles. The van der Waals surface area contributed by atoms with Gasteiger partial charge in [-0.1, -0.05) is 11.6 Å². The van der Waals surface area contributed by atoms with Crippen LogP contribution < -0.4 is 15.6 Å². The summed E-state index contributed by atoms with van der Waals surface area (Å²) in [4.78, 5) is 49.6. The molecule has 1 aliphatic heterocycles. The molecule has 10 heteroatoms. The standard InChI is InChI=1S/C18H12ClIN4O4/c19-11-3-1-10(2-4-11)15(25)23-21-9-14-16(26)22-18(28)24(17(14)27)13-7-5-12(20)6-8-13/h1-9,14H,(H,23,25)(H,22,26,28)/b21-9-/t14-/m1/s1. The molecule has 2 N–H and O–H groups in total. The molecule has 0 spiro atoms. The van der Waals surface area contributed by atoms with Crippen molar-refractivity contribution in [3.8, 4) is 0 Å². The first-order valence-corrected chi connectivity index (χ1v) is 9.36. The number of hydrazone groups is 1. The van der Waals surface area contributed by atoms with Crippen LogP contribution >= 0.6 is 34.2 Å². The highest BCUT2D eigenvalue weighted by atomic mass is 127. The van der Waals surface area contributed by atoms with Gasteiger partial charge in [-0.2, -0.15) is 5.10 Å². The highest BCUT2D eigenvalue weighted by Crippen LogP contribution is 2.21. The van der Waals surface area contributed by atoms with Gasteiger partial charge in [-0.25, -0.2) is 15.1 Å². The Hall–Kier alpha value is -2.79. The third-order valence-corrected chi connectivity index (χ3v) is 4.75. The number of benzene rings is 2. The fourth-order valence-corrected chi connectivity index (χ4v) is 2.88. The minimum Gasteiger partial charge on any atom is -0.276 e. The maximum atomic E-state index is 12.6. The second-order valence-electron chi connectivity index (χ2n) is 5.65. The molecular formula is C18H12ClIN4O4. The zero-order chi connectivity index (χ0) is 20.3. The van der Waals surface area contributed by atoms with E-state index in [1.165, 1.54) is 12.1 Å². The molecule has 0 unspecified atom stereocenters. The van der Waals surface area contributed by atoms with Gasteiger partial charge < -0.3 is 0 Å². The van der Waals surface area contributed by atoms with E-state index in [1.54, 1.807) is 36.4 Å². The smallest absolute Gasteiger partial charge is 0.276 e. The highest BCUT2D eigenvalue weighted by molar-refractivity contribution is 14.1. The van der Waals surface area contributed by atoms with Crippen molar-refractivity contribution in [1.82, 2.24) is 10.7 Å². The first-order valence-electron chi connectivity index (χ1n) is 7.90. The van der Waals surface area contributed by atoms with Crippen LogP contribution in [0.5, 0.6) is 0 Å². The largest absolute Gasteiger partial charge is 0.335 e. The summed E-state index contributed by atoms with van der Waals surface area (Å²) in [5.41, 5.74) is 2.85. The molecule has 0 radical (unpaired) electrons. The Morgan fingerprint density at radius 2 is 1.75 bits per heavy atom. The first kappa shape index (κ1) is 20.0. The zero-order valence-electron chi connectivity index (χ0n) is 14.1. The molecule has 0 aromatic heterocycles. The minimum atomic E-state index is -1.36. The number of hydrogen-bond acceptors (Lipinski definition) is 5. The van der Waals surface area contributed by atoms with Crippen molar-refractivity contribution in [2.24, 2.45) is 11.0 Å². The van der Waals surface area contributed by atoms with E-state index in [-0.39, 0.29) is 0 Å². The van der Waals surface area contributed by atoms with Crippen molar-refractivity contribution < 1.29 is 19.2 Å².